The van der Waals surface area contributed by atoms with Gasteiger partial charge in [0.15, 0.2) is 11.5 Å². The molecule has 3 rings (SSSR count). The van der Waals surface area contributed by atoms with E-state index in [0.29, 0.717) is 24.5 Å². The SMILES string of the molecule is Cl.NC1CCN(C(=O)c2ccc3c(c2)OCCCO3)CC1. The van der Waals surface area contributed by atoms with Gasteiger partial charge in [-0.25, -0.2) is 0 Å². The number of likely N-dealkylation sites (tertiary alicyclic amines) is 1. The number of benzene rings is 1. The van der Waals surface area contributed by atoms with Crippen LogP contribution < -0.4 is 15.2 Å². The molecule has 116 valence electrons. The number of piperidine rings is 1. The zero-order valence-corrected chi connectivity index (χ0v) is 12.7. The molecule has 0 bridgehead atoms. The lowest BCUT2D eigenvalue weighted by atomic mass is 10.0. The van der Waals surface area contributed by atoms with Crippen LogP contribution in [0.1, 0.15) is 29.6 Å². The van der Waals surface area contributed by atoms with Crippen molar-refractivity contribution in [2.45, 2.75) is 25.3 Å². The molecule has 0 spiro atoms. The molecule has 2 aliphatic rings. The van der Waals surface area contributed by atoms with Gasteiger partial charge in [-0.2, -0.15) is 0 Å². The van der Waals surface area contributed by atoms with E-state index in [0.717, 1.165) is 38.1 Å². The highest BCUT2D eigenvalue weighted by Crippen LogP contribution is 2.31. The molecule has 1 aromatic rings. The zero-order chi connectivity index (χ0) is 13.9. The summed E-state index contributed by atoms with van der Waals surface area (Å²) in [5.41, 5.74) is 6.53. The summed E-state index contributed by atoms with van der Waals surface area (Å²) in [6, 6.07) is 5.65. The Hall–Kier alpha value is -1.46. The van der Waals surface area contributed by atoms with Gasteiger partial charge in [-0.1, -0.05) is 0 Å². The smallest absolute Gasteiger partial charge is 0.253 e. The van der Waals surface area contributed by atoms with Crippen molar-refractivity contribution in [3.63, 3.8) is 0 Å². The number of amides is 1. The monoisotopic (exact) mass is 312 g/mol. The minimum atomic E-state index is 0. The van der Waals surface area contributed by atoms with Crippen molar-refractivity contribution in [3.05, 3.63) is 23.8 Å². The highest BCUT2D eigenvalue weighted by atomic mass is 35.5. The number of carbonyl (C=O) groups excluding carboxylic acids is 1. The van der Waals surface area contributed by atoms with Crippen LogP contribution in [0.2, 0.25) is 0 Å². The second-order valence-electron chi connectivity index (χ2n) is 5.34. The van der Waals surface area contributed by atoms with E-state index >= 15 is 0 Å². The van der Waals surface area contributed by atoms with Gasteiger partial charge in [0.1, 0.15) is 0 Å². The summed E-state index contributed by atoms with van der Waals surface area (Å²) in [4.78, 5) is 14.3. The van der Waals surface area contributed by atoms with Crippen LogP contribution in [-0.4, -0.2) is 43.2 Å². The molecule has 0 radical (unpaired) electrons. The van der Waals surface area contributed by atoms with Crippen LogP contribution in [0.15, 0.2) is 18.2 Å². The van der Waals surface area contributed by atoms with Crippen molar-refractivity contribution >= 4 is 18.3 Å². The Morgan fingerprint density at radius 3 is 2.52 bits per heavy atom. The van der Waals surface area contributed by atoms with Gasteiger partial charge in [-0.05, 0) is 31.0 Å². The Bertz CT molecular complexity index is 502. The summed E-state index contributed by atoms with van der Waals surface area (Å²) in [5.74, 6) is 1.44. The van der Waals surface area contributed by atoms with Gasteiger partial charge in [0.25, 0.3) is 5.91 Å². The predicted octanol–water partition coefficient (Wildman–Crippen LogP) is 1.83. The zero-order valence-electron chi connectivity index (χ0n) is 11.9. The molecule has 0 aromatic heterocycles. The average molecular weight is 313 g/mol. The van der Waals surface area contributed by atoms with Gasteiger partial charge < -0.3 is 20.1 Å². The number of rotatable bonds is 1. The van der Waals surface area contributed by atoms with Crippen molar-refractivity contribution in [2.24, 2.45) is 5.73 Å². The number of hydrogen-bond donors (Lipinski definition) is 1. The fourth-order valence-electron chi connectivity index (χ4n) is 2.58. The van der Waals surface area contributed by atoms with Crippen molar-refractivity contribution in [1.82, 2.24) is 4.90 Å². The maximum absolute atomic E-state index is 12.5. The molecule has 0 aliphatic carbocycles. The van der Waals surface area contributed by atoms with E-state index in [9.17, 15) is 4.79 Å². The molecule has 5 nitrogen and oxygen atoms in total. The Kier molecular flexibility index (Phi) is 5.31. The molecule has 1 aromatic carbocycles. The maximum Gasteiger partial charge on any atom is 0.253 e. The first-order chi connectivity index (χ1) is 9.74. The number of hydrogen-bond acceptors (Lipinski definition) is 4. The number of halogens is 1. The number of fused-ring (bicyclic) bond motifs is 1. The molecule has 0 atom stereocenters. The van der Waals surface area contributed by atoms with E-state index in [1.165, 1.54) is 0 Å². The molecule has 2 N–H and O–H groups in total. The van der Waals surface area contributed by atoms with Crippen LogP contribution in [0.4, 0.5) is 0 Å². The van der Waals surface area contributed by atoms with Crippen LogP contribution in [0.5, 0.6) is 11.5 Å². The average Bonchev–Trinajstić information content (AvgIpc) is 2.71. The topological polar surface area (TPSA) is 64.8 Å². The molecule has 6 heteroatoms. The van der Waals surface area contributed by atoms with E-state index in [1.54, 1.807) is 6.07 Å². The highest BCUT2D eigenvalue weighted by Gasteiger charge is 2.23. The molecule has 2 heterocycles. The Labute approximate surface area is 130 Å². The molecule has 1 amide bonds. The molecule has 2 aliphatic heterocycles. The van der Waals surface area contributed by atoms with Gasteiger partial charge in [0.2, 0.25) is 0 Å². The van der Waals surface area contributed by atoms with E-state index in [-0.39, 0.29) is 24.4 Å². The van der Waals surface area contributed by atoms with Crippen molar-refractivity contribution in [1.29, 1.82) is 0 Å². The summed E-state index contributed by atoms with van der Waals surface area (Å²) in [7, 11) is 0. The molecular weight excluding hydrogens is 292 g/mol. The Morgan fingerprint density at radius 1 is 1.14 bits per heavy atom. The lowest BCUT2D eigenvalue weighted by Crippen LogP contribution is -2.42. The van der Waals surface area contributed by atoms with Gasteiger partial charge >= 0.3 is 0 Å². The Morgan fingerprint density at radius 2 is 1.81 bits per heavy atom. The number of carbonyl (C=O) groups is 1. The van der Waals surface area contributed by atoms with Crippen molar-refractivity contribution < 1.29 is 14.3 Å². The third-order valence-corrected chi connectivity index (χ3v) is 3.82. The van der Waals surface area contributed by atoms with Gasteiger partial charge in [-0.3, -0.25) is 4.79 Å². The number of nitrogens with zero attached hydrogens (tertiary/aromatic N) is 1. The quantitative estimate of drug-likeness (QED) is 0.859. The van der Waals surface area contributed by atoms with Crippen LogP contribution in [0, 0.1) is 0 Å². The van der Waals surface area contributed by atoms with Gasteiger partial charge in [-0.15, -0.1) is 12.4 Å². The van der Waals surface area contributed by atoms with Crippen LogP contribution in [0.25, 0.3) is 0 Å². The summed E-state index contributed by atoms with van der Waals surface area (Å²) in [6.07, 6.45) is 2.61. The summed E-state index contributed by atoms with van der Waals surface area (Å²) < 4.78 is 11.2. The lowest BCUT2D eigenvalue weighted by Gasteiger charge is -2.30. The third kappa shape index (κ3) is 3.60. The first-order valence-corrected chi connectivity index (χ1v) is 7.18. The van der Waals surface area contributed by atoms with Crippen molar-refractivity contribution in [2.75, 3.05) is 26.3 Å². The fourth-order valence-corrected chi connectivity index (χ4v) is 2.58. The van der Waals surface area contributed by atoms with Gasteiger partial charge in [0, 0.05) is 31.1 Å². The molecule has 1 fully saturated rings. The molecule has 0 saturated carbocycles. The second kappa shape index (κ2) is 7.00. The minimum Gasteiger partial charge on any atom is -0.490 e. The van der Waals surface area contributed by atoms with Crippen LogP contribution in [0.3, 0.4) is 0 Å². The summed E-state index contributed by atoms with van der Waals surface area (Å²) in [6.45, 7) is 2.75. The van der Waals surface area contributed by atoms with E-state index in [4.69, 9.17) is 15.2 Å². The molecular formula is C15H21ClN2O3. The summed E-state index contributed by atoms with van der Waals surface area (Å²) >= 11 is 0. The number of nitrogens with two attached hydrogens (primary N) is 1. The first-order valence-electron chi connectivity index (χ1n) is 7.18. The molecule has 1 saturated heterocycles. The minimum absolute atomic E-state index is 0. The molecule has 0 unspecified atom stereocenters. The largest absolute Gasteiger partial charge is 0.490 e. The highest BCUT2D eigenvalue weighted by molar-refractivity contribution is 5.95. The van der Waals surface area contributed by atoms with Crippen molar-refractivity contribution in [3.8, 4) is 11.5 Å². The van der Waals surface area contributed by atoms with E-state index in [1.807, 2.05) is 17.0 Å². The standard InChI is InChI=1S/C15H20N2O3.ClH/c16-12-4-6-17(7-5-12)15(18)11-2-3-13-14(10-11)20-9-1-8-19-13;/h2-3,10,12H,1,4-9,16H2;1H. The fraction of sp³-hybridized carbons (Fsp3) is 0.533. The maximum atomic E-state index is 12.5. The second-order valence-corrected chi connectivity index (χ2v) is 5.34. The van der Waals surface area contributed by atoms with Crippen LogP contribution >= 0.6 is 12.4 Å². The van der Waals surface area contributed by atoms with Gasteiger partial charge in [0.05, 0.1) is 13.2 Å². The summed E-state index contributed by atoms with van der Waals surface area (Å²) in [5, 5.41) is 0. The third-order valence-electron chi connectivity index (χ3n) is 3.82. The first kappa shape index (κ1) is 15.9. The lowest BCUT2D eigenvalue weighted by molar-refractivity contribution is 0.0714. The normalized spacial score (nSPS) is 18.6. The number of ether oxygens (including phenoxy) is 2. The van der Waals surface area contributed by atoms with E-state index in [2.05, 4.69) is 0 Å². The van der Waals surface area contributed by atoms with E-state index < -0.39 is 0 Å². The molecule has 21 heavy (non-hydrogen) atoms. The Balaban J connectivity index is 0.00000161. The van der Waals surface area contributed by atoms with Crippen LogP contribution in [-0.2, 0) is 0 Å². The predicted molar refractivity (Wildman–Crippen MR) is 82.4 cm³/mol.